The molecule has 1 amide bonds. The first kappa shape index (κ1) is 15.7. The molecule has 3 nitrogen and oxygen atoms in total. The molecule has 0 unspecified atom stereocenters. The smallest absolute Gasteiger partial charge is 0.234 e. The van der Waals surface area contributed by atoms with Crippen LogP contribution in [-0.4, -0.2) is 11.7 Å². The van der Waals surface area contributed by atoms with Gasteiger partial charge in [0.15, 0.2) is 0 Å². The molecule has 2 aromatic rings. The second-order valence-electron chi connectivity index (χ2n) is 5.31. The number of nitrogens with one attached hydrogen (secondary N) is 1. The number of hydrogen-bond donors (Lipinski definition) is 1. The van der Waals surface area contributed by atoms with Crippen LogP contribution in [0.2, 0.25) is 0 Å². The normalized spacial score (nSPS) is 10.9. The molecule has 112 valence electrons. The standard InChI is InChI=1S/C17H21NO2S/c1-12(2)15-8-4-6-13(3)17(15)18-16(19)11-21-10-14-7-5-9-20-14/h4-9,12H,10-11H2,1-3H3,(H,18,19). The average Bonchev–Trinajstić information content (AvgIpc) is 2.94. The summed E-state index contributed by atoms with van der Waals surface area (Å²) >= 11 is 1.55. The highest BCUT2D eigenvalue weighted by molar-refractivity contribution is 7.99. The molecule has 0 aliphatic rings. The number of thioether (sulfide) groups is 1. The van der Waals surface area contributed by atoms with Gasteiger partial charge in [0.05, 0.1) is 17.8 Å². The molecule has 0 saturated carbocycles. The molecular formula is C17H21NO2S. The van der Waals surface area contributed by atoms with Crippen LogP contribution >= 0.6 is 11.8 Å². The second kappa shape index (κ2) is 7.36. The minimum absolute atomic E-state index is 0.0303. The van der Waals surface area contributed by atoms with Crippen molar-refractivity contribution < 1.29 is 9.21 Å². The summed E-state index contributed by atoms with van der Waals surface area (Å²) < 4.78 is 5.25. The summed E-state index contributed by atoms with van der Waals surface area (Å²) in [5.41, 5.74) is 3.24. The lowest BCUT2D eigenvalue weighted by molar-refractivity contribution is -0.113. The molecule has 4 heteroatoms. The zero-order valence-corrected chi connectivity index (χ0v) is 13.5. The lowest BCUT2D eigenvalue weighted by atomic mass is 9.98. The summed E-state index contributed by atoms with van der Waals surface area (Å²) in [5.74, 6) is 2.45. The minimum atomic E-state index is 0.0303. The maximum atomic E-state index is 12.1. The number of carbonyl (C=O) groups excluding carboxylic acids is 1. The van der Waals surface area contributed by atoms with Gasteiger partial charge in [-0.05, 0) is 36.1 Å². The van der Waals surface area contributed by atoms with Gasteiger partial charge < -0.3 is 9.73 Å². The number of amides is 1. The summed E-state index contributed by atoms with van der Waals surface area (Å²) in [5, 5.41) is 3.05. The van der Waals surface area contributed by atoms with Gasteiger partial charge in [-0.15, -0.1) is 11.8 Å². The molecule has 1 N–H and O–H groups in total. The van der Waals surface area contributed by atoms with Crippen molar-refractivity contribution >= 4 is 23.4 Å². The van der Waals surface area contributed by atoms with Crippen molar-refractivity contribution in [1.29, 1.82) is 0 Å². The predicted octanol–water partition coefficient (Wildman–Crippen LogP) is 4.58. The topological polar surface area (TPSA) is 42.2 Å². The Morgan fingerprint density at radius 2 is 2.10 bits per heavy atom. The number of aryl methyl sites for hydroxylation is 1. The Bertz CT molecular complexity index is 591. The molecule has 0 aliphatic heterocycles. The fourth-order valence-electron chi connectivity index (χ4n) is 2.16. The fourth-order valence-corrected chi connectivity index (χ4v) is 2.88. The summed E-state index contributed by atoms with van der Waals surface area (Å²) in [7, 11) is 0. The van der Waals surface area contributed by atoms with Crippen molar-refractivity contribution in [1.82, 2.24) is 0 Å². The molecule has 0 radical (unpaired) electrons. The van der Waals surface area contributed by atoms with Gasteiger partial charge in [-0.3, -0.25) is 4.79 Å². The lowest BCUT2D eigenvalue weighted by Crippen LogP contribution is -2.16. The largest absolute Gasteiger partial charge is 0.468 e. The van der Waals surface area contributed by atoms with Gasteiger partial charge in [0.25, 0.3) is 0 Å². The highest BCUT2D eigenvalue weighted by Gasteiger charge is 2.12. The Balaban J connectivity index is 1.93. The third-order valence-electron chi connectivity index (χ3n) is 3.25. The van der Waals surface area contributed by atoms with E-state index in [2.05, 4.69) is 25.2 Å². The Morgan fingerprint density at radius 1 is 1.29 bits per heavy atom. The van der Waals surface area contributed by atoms with E-state index in [0.717, 1.165) is 17.0 Å². The molecule has 0 saturated heterocycles. The van der Waals surface area contributed by atoms with Crippen LogP contribution in [0.25, 0.3) is 0 Å². The molecular weight excluding hydrogens is 282 g/mol. The highest BCUT2D eigenvalue weighted by atomic mass is 32.2. The van der Waals surface area contributed by atoms with Crippen molar-refractivity contribution in [2.75, 3.05) is 11.1 Å². The maximum absolute atomic E-state index is 12.1. The molecule has 0 bridgehead atoms. The zero-order chi connectivity index (χ0) is 15.2. The first-order valence-electron chi connectivity index (χ1n) is 7.07. The monoisotopic (exact) mass is 303 g/mol. The van der Waals surface area contributed by atoms with Crippen molar-refractivity contribution in [3.63, 3.8) is 0 Å². The molecule has 0 aliphatic carbocycles. The summed E-state index contributed by atoms with van der Waals surface area (Å²) in [4.78, 5) is 12.1. The Labute approximate surface area is 130 Å². The third kappa shape index (κ3) is 4.39. The Morgan fingerprint density at radius 3 is 2.76 bits per heavy atom. The fraction of sp³-hybridized carbons (Fsp3) is 0.353. The molecule has 0 fully saturated rings. The number of anilines is 1. The van der Waals surface area contributed by atoms with Gasteiger partial charge in [-0.2, -0.15) is 0 Å². The first-order valence-corrected chi connectivity index (χ1v) is 8.23. The molecule has 1 aromatic carbocycles. The zero-order valence-electron chi connectivity index (χ0n) is 12.7. The number of para-hydroxylation sites is 1. The van der Waals surface area contributed by atoms with Crippen LogP contribution in [0.1, 0.15) is 36.7 Å². The van der Waals surface area contributed by atoms with Gasteiger partial charge in [-0.25, -0.2) is 0 Å². The van der Waals surface area contributed by atoms with Crippen molar-refractivity contribution in [2.45, 2.75) is 32.4 Å². The van der Waals surface area contributed by atoms with Gasteiger partial charge in [0.2, 0.25) is 5.91 Å². The number of benzene rings is 1. The predicted molar refractivity (Wildman–Crippen MR) is 88.8 cm³/mol. The molecule has 0 spiro atoms. The van der Waals surface area contributed by atoms with Gasteiger partial charge in [-0.1, -0.05) is 32.0 Å². The Kier molecular flexibility index (Phi) is 5.51. The number of carbonyl (C=O) groups is 1. The van der Waals surface area contributed by atoms with E-state index >= 15 is 0 Å². The SMILES string of the molecule is Cc1cccc(C(C)C)c1NC(=O)CSCc1ccco1. The van der Waals surface area contributed by atoms with E-state index in [4.69, 9.17) is 4.42 Å². The van der Waals surface area contributed by atoms with E-state index in [1.165, 1.54) is 5.56 Å². The van der Waals surface area contributed by atoms with Crippen LogP contribution in [0.3, 0.4) is 0 Å². The van der Waals surface area contributed by atoms with Crippen LogP contribution in [-0.2, 0) is 10.5 Å². The van der Waals surface area contributed by atoms with E-state index in [0.29, 0.717) is 17.4 Å². The molecule has 2 rings (SSSR count). The molecule has 1 aromatic heterocycles. The van der Waals surface area contributed by atoms with Gasteiger partial charge >= 0.3 is 0 Å². The van der Waals surface area contributed by atoms with E-state index in [1.807, 2.05) is 31.2 Å². The van der Waals surface area contributed by atoms with E-state index < -0.39 is 0 Å². The molecule has 0 atom stereocenters. The Hall–Kier alpha value is -1.68. The summed E-state index contributed by atoms with van der Waals surface area (Å²) in [6, 6.07) is 9.91. The van der Waals surface area contributed by atoms with E-state index in [9.17, 15) is 4.79 Å². The maximum Gasteiger partial charge on any atom is 0.234 e. The quantitative estimate of drug-likeness (QED) is 0.849. The highest BCUT2D eigenvalue weighted by Crippen LogP contribution is 2.27. The first-order chi connectivity index (χ1) is 10.1. The number of furan rings is 1. The van der Waals surface area contributed by atoms with Crippen molar-refractivity contribution in [2.24, 2.45) is 0 Å². The molecule has 21 heavy (non-hydrogen) atoms. The molecule has 1 heterocycles. The lowest BCUT2D eigenvalue weighted by Gasteiger charge is -2.16. The van der Waals surface area contributed by atoms with Crippen LogP contribution in [0.15, 0.2) is 41.0 Å². The van der Waals surface area contributed by atoms with Gasteiger partial charge in [0.1, 0.15) is 5.76 Å². The average molecular weight is 303 g/mol. The van der Waals surface area contributed by atoms with Crippen LogP contribution < -0.4 is 5.32 Å². The van der Waals surface area contributed by atoms with Crippen LogP contribution in [0, 0.1) is 6.92 Å². The van der Waals surface area contributed by atoms with Gasteiger partial charge in [0, 0.05) is 5.69 Å². The van der Waals surface area contributed by atoms with Crippen LogP contribution in [0.5, 0.6) is 0 Å². The van der Waals surface area contributed by atoms with Crippen molar-refractivity contribution in [3.8, 4) is 0 Å². The second-order valence-corrected chi connectivity index (χ2v) is 6.30. The summed E-state index contributed by atoms with van der Waals surface area (Å²) in [6.45, 7) is 6.30. The van der Waals surface area contributed by atoms with E-state index in [1.54, 1.807) is 18.0 Å². The minimum Gasteiger partial charge on any atom is -0.468 e. The van der Waals surface area contributed by atoms with Crippen LogP contribution in [0.4, 0.5) is 5.69 Å². The summed E-state index contributed by atoms with van der Waals surface area (Å²) in [6.07, 6.45) is 1.65. The number of rotatable bonds is 6. The van der Waals surface area contributed by atoms with Crippen molar-refractivity contribution in [3.05, 3.63) is 53.5 Å². The number of hydrogen-bond acceptors (Lipinski definition) is 3. The third-order valence-corrected chi connectivity index (χ3v) is 4.20. The van der Waals surface area contributed by atoms with E-state index in [-0.39, 0.29) is 5.91 Å².